The number of nitrogens with one attached hydrogen (secondary N) is 2. The van der Waals surface area contributed by atoms with Gasteiger partial charge in [-0.1, -0.05) is 24.3 Å². The van der Waals surface area contributed by atoms with Crippen molar-refractivity contribution in [1.82, 2.24) is 10.0 Å². The zero-order chi connectivity index (χ0) is 19.3. The second-order valence-corrected chi connectivity index (χ2v) is 10.2. The van der Waals surface area contributed by atoms with E-state index in [0.717, 1.165) is 42.8 Å². The molecule has 0 radical (unpaired) electrons. The van der Waals surface area contributed by atoms with Crippen LogP contribution in [0.15, 0.2) is 24.8 Å². The summed E-state index contributed by atoms with van der Waals surface area (Å²) in [5.74, 6) is 1.15. The van der Waals surface area contributed by atoms with Gasteiger partial charge >= 0.3 is 0 Å². The lowest BCUT2D eigenvalue weighted by molar-refractivity contribution is 0.295. The maximum Gasteiger partial charge on any atom is 0.124 e. The Bertz CT molecular complexity index is 652. The molecule has 0 aliphatic carbocycles. The van der Waals surface area contributed by atoms with E-state index < -0.39 is 11.0 Å². The molecule has 0 amide bonds. The summed E-state index contributed by atoms with van der Waals surface area (Å²) in [5, 5.41) is 4.10. The summed E-state index contributed by atoms with van der Waals surface area (Å²) < 4.78 is 21.8. The Morgan fingerprint density at radius 2 is 2.08 bits per heavy atom. The molecule has 2 rings (SSSR count). The van der Waals surface area contributed by atoms with Crippen molar-refractivity contribution in [2.75, 3.05) is 19.7 Å². The Morgan fingerprint density at radius 1 is 1.42 bits per heavy atom. The highest BCUT2D eigenvalue weighted by atomic mass is 35.5. The average molecular weight is 399 g/mol. The highest BCUT2D eigenvalue weighted by Crippen LogP contribution is 2.38. The molecule has 2 atom stereocenters. The molecule has 4 nitrogen and oxygen atoms in total. The van der Waals surface area contributed by atoms with E-state index in [-0.39, 0.29) is 10.8 Å². The summed E-state index contributed by atoms with van der Waals surface area (Å²) in [6.45, 7) is 14.0. The highest BCUT2D eigenvalue weighted by molar-refractivity contribution is 7.84. The van der Waals surface area contributed by atoms with Gasteiger partial charge in [-0.2, -0.15) is 0 Å². The van der Waals surface area contributed by atoms with Crippen molar-refractivity contribution < 1.29 is 8.95 Å². The zero-order valence-electron chi connectivity index (χ0n) is 16.2. The summed E-state index contributed by atoms with van der Waals surface area (Å²) in [7, 11) is -1.18. The molecule has 0 aromatic heterocycles. The summed E-state index contributed by atoms with van der Waals surface area (Å²) in [6, 6.07) is 3.86. The lowest BCUT2D eigenvalue weighted by Gasteiger charge is -2.34. The summed E-state index contributed by atoms with van der Waals surface area (Å²) >= 11 is 6.44. The predicted octanol–water partition coefficient (Wildman–Crippen LogP) is 4.31. The Kier molecular flexibility index (Phi) is 7.71. The monoisotopic (exact) mass is 398 g/mol. The number of halogens is 1. The fourth-order valence-electron chi connectivity index (χ4n) is 3.07. The third kappa shape index (κ3) is 5.56. The normalized spacial score (nSPS) is 18.3. The van der Waals surface area contributed by atoms with Crippen LogP contribution in [0, 0.1) is 12.8 Å². The minimum Gasteiger partial charge on any atom is -0.489 e. The van der Waals surface area contributed by atoms with Gasteiger partial charge in [-0.05, 0) is 77.2 Å². The van der Waals surface area contributed by atoms with Gasteiger partial charge in [0.2, 0.25) is 0 Å². The van der Waals surface area contributed by atoms with Crippen LogP contribution in [0.5, 0.6) is 5.75 Å². The molecule has 1 aromatic rings. The van der Waals surface area contributed by atoms with Gasteiger partial charge in [0, 0.05) is 10.6 Å². The lowest BCUT2D eigenvalue weighted by Crippen LogP contribution is -2.41. The number of piperidine rings is 1. The van der Waals surface area contributed by atoms with Gasteiger partial charge in [0.15, 0.2) is 0 Å². The van der Waals surface area contributed by atoms with E-state index in [0.29, 0.717) is 17.5 Å². The van der Waals surface area contributed by atoms with Crippen molar-refractivity contribution >= 4 is 22.6 Å². The van der Waals surface area contributed by atoms with Crippen LogP contribution < -0.4 is 14.8 Å². The van der Waals surface area contributed by atoms with Crippen LogP contribution in [-0.4, -0.2) is 28.7 Å². The van der Waals surface area contributed by atoms with Gasteiger partial charge in [0.25, 0.3) is 0 Å². The van der Waals surface area contributed by atoms with Crippen LogP contribution in [0.3, 0.4) is 0 Å². The molecular formula is C20H31ClN2O2S. The second-order valence-electron chi connectivity index (χ2n) is 7.80. The third-order valence-corrected chi connectivity index (χ3v) is 6.62. The Labute approximate surface area is 165 Å². The van der Waals surface area contributed by atoms with Crippen molar-refractivity contribution in [2.45, 2.75) is 51.3 Å². The molecule has 1 heterocycles. The maximum absolute atomic E-state index is 12.9. The van der Waals surface area contributed by atoms with Gasteiger partial charge in [-0.25, -0.2) is 8.93 Å². The van der Waals surface area contributed by atoms with E-state index in [2.05, 4.69) is 16.6 Å². The number of benzene rings is 1. The fourth-order valence-corrected chi connectivity index (χ4v) is 4.15. The Morgan fingerprint density at radius 3 is 2.65 bits per heavy atom. The van der Waals surface area contributed by atoms with Crippen molar-refractivity contribution in [3.8, 4) is 5.75 Å². The molecule has 1 aromatic carbocycles. The molecular weight excluding hydrogens is 368 g/mol. The van der Waals surface area contributed by atoms with Gasteiger partial charge < -0.3 is 10.1 Å². The third-order valence-electron chi connectivity index (χ3n) is 4.63. The smallest absolute Gasteiger partial charge is 0.124 e. The molecule has 0 bridgehead atoms. The summed E-state index contributed by atoms with van der Waals surface area (Å²) in [6.07, 6.45) is 3.77. The fraction of sp³-hybridized carbons (Fsp3) is 0.600. The number of hydrogen-bond acceptors (Lipinski definition) is 3. The number of rotatable bonds is 7. The van der Waals surface area contributed by atoms with E-state index in [1.165, 1.54) is 0 Å². The van der Waals surface area contributed by atoms with E-state index in [9.17, 15) is 4.21 Å². The highest BCUT2D eigenvalue weighted by Gasteiger charge is 2.32. The van der Waals surface area contributed by atoms with E-state index in [4.69, 9.17) is 16.3 Å². The predicted molar refractivity (Wildman–Crippen MR) is 111 cm³/mol. The molecule has 2 N–H and O–H groups in total. The first-order chi connectivity index (χ1) is 12.2. The molecule has 1 fully saturated rings. The van der Waals surface area contributed by atoms with E-state index in [1.54, 1.807) is 6.08 Å². The van der Waals surface area contributed by atoms with Gasteiger partial charge in [0.1, 0.15) is 12.4 Å². The number of aryl methyl sites for hydroxylation is 1. The first-order valence-corrected chi connectivity index (χ1v) is 10.7. The topological polar surface area (TPSA) is 50.4 Å². The molecule has 6 heteroatoms. The van der Waals surface area contributed by atoms with Gasteiger partial charge in [-0.3, -0.25) is 0 Å². The molecule has 0 spiro atoms. The number of hydrogen-bond donors (Lipinski definition) is 2. The van der Waals surface area contributed by atoms with E-state index in [1.807, 2.05) is 39.8 Å². The Balaban J connectivity index is 2.44. The maximum atomic E-state index is 12.9. The number of ether oxygens (including phenoxy) is 1. The molecule has 0 saturated carbocycles. The van der Waals surface area contributed by atoms with Crippen molar-refractivity contribution in [1.29, 1.82) is 0 Å². The molecule has 26 heavy (non-hydrogen) atoms. The van der Waals surface area contributed by atoms with Crippen LogP contribution in [0.4, 0.5) is 0 Å². The molecule has 0 unspecified atom stereocenters. The average Bonchev–Trinajstić information content (AvgIpc) is 2.60. The first-order valence-electron chi connectivity index (χ1n) is 9.16. The summed E-state index contributed by atoms with van der Waals surface area (Å²) in [5.41, 5.74) is 1.95. The van der Waals surface area contributed by atoms with Crippen LogP contribution in [0.1, 0.15) is 50.8 Å². The van der Waals surface area contributed by atoms with Gasteiger partial charge in [-0.15, -0.1) is 0 Å². The van der Waals surface area contributed by atoms with Crippen LogP contribution in [0.25, 0.3) is 0 Å². The van der Waals surface area contributed by atoms with Crippen LogP contribution in [-0.2, 0) is 11.0 Å². The molecule has 1 aliphatic rings. The molecule has 1 saturated heterocycles. The van der Waals surface area contributed by atoms with Crippen molar-refractivity contribution in [3.05, 3.63) is 40.9 Å². The lowest BCUT2D eigenvalue weighted by atomic mass is 9.86. The van der Waals surface area contributed by atoms with Crippen LogP contribution in [0.2, 0.25) is 5.02 Å². The quantitative estimate of drug-likeness (QED) is 0.673. The second kappa shape index (κ2) is 9.36. The largest absolute Gasteiger partial charge is 0.489 e. The van der Waals surface area contributed by atoms with E-state index >= 15 is 0 Å². The van der Waals surface area contributed by atoms with Crippen molar-refractivity contribution in [2.24, 2.45) is 5.92 Å². The van der Waals surface area contributed by atoms with Crippen molar-refractivity contribution in [3.63, 3.8) is 0 Å². The molecule has 1 aliphatic heterocycles. The Hall–Kier alpha value is -0.880. The zero-order valence-corrected chi connectivity index (χ0v) is 17.8. The standard InChI is InChI=1S/C20H31ClN2O2S/c1-6-11-25-18-12-14(2)17(21)13-16(18)19(15-7-9-22-10-8-15)23-26(24)20(3,4)5/h6,12-13,15,19,22-23H,1,7-11H2,2-5H3/t19-,26+/m1/s1. The van der Waals surface area contributed by atoms with Crippen LogP contribution >= 0.6 is 11.6 Å². The minimum absolute atomic E-state index is 0.0740. The molecule has 146 valence electrons. The SMILES string of the molecule is C=CCOc1cc(C)c(Cl)cc1[C@H](N[S@@](=O)C(C)(C)C)C1CCNCC1. The summed E-state index contributed by atoms with van der Waals surface area (Å²) in [4.78, 5) is 0. The minimum atomic E-state index is -1.18. The first kappa shape index (κ1) is 21.4. The van der Waals surface area contributed by atoms with Gasteiger partial charge in [0.05, 0.1) is 21.8 Å².